The van der Waals surface area contributed by atoms with E-state index in [1.54, 1.807) is 0 Å². The minimum absolute atomic E-state index is 0. The topological polar surface area (TPSA) is 138 Å². The Balaban J connectivity index is -0.0000000146. The summed E-state index contributed by atoms with van der Waals surface area (Å²) in [5, 5.41) is 13.6. The van der Waals surface area contributed by atoms with E-state index in [0.29, 0.717) is 0 Å². The van der Waals surface area contributed by atoms with Crippen LogP contribution in [0.3, 0.4) is 0 Å². The first-order valence-electron chi connectivity index (χ1n) is 1.26. The van der Waals surface area contributed by atoms with Crippen molar-refractivity contribution >= 4 is 59.3 Å². The molecule has 0 fully saturated rings. The zero-order chi connectivity index (χ0) is 8.08. The zero-order valence-corrected chi connectivity index (χ0v) is 13.5. The Bertz CT molecular complexity index is 169. The summed E-state index contributed by atoms with van der Waals surface area (Å²) in [6.07, 6.45) is 0. The van der Waals surface area contributed by atoms with Crippen molar-refractivity contribution in [1.29, 1.82) is 0 Å². The molecule has 3 N–H and O–H groups in total. The number of hydrogen-bond acceptors (Lipinski definition) is 4. The smallest absolute Gasteiger partial charge is 1.00 e. The summed E-state index contributed by atoms with van der Waals surface area (Å²) in [7, 11) is -4.67. The maximum atomic E-state index is 8.74. The van der Waals surface area contributed by atoms with E-state index in [4.69, 9.17) is 32.8 Å². The van der Waals surface area contributed by atoms with Gasteiger partial charge in [0.2, 0.25) is 0 Å². The number of hydrogen-bond donors (Lipinski definition) is 3. The minimum Gasteiger partial charge on any atom is -1.00 e. The van der Waals surface area contributed by atoms with Crippen LogP contribution in [0, 0.1) is 10.1 Å². The molecule has 0 bridgehead atoms. The van der Waals surface area contributed by atoms with Crippen LogP contribution in [-0.4, -0.2) is 76.7 Å². The van der Waals surface area contributed by atoms with Gasteiger partial charge in [-0.1, -0.05) is 0 Å². The van der Waals surface area contributed by atoms with Gasteiger partial charge < -0.3 is 8.06 Å². The van der Waals surface area contributed by atoms with Crippen molar-refractivity contribution in [2.45, 2.75) is 0 Å². The standard InChI is InChI=1S/Ba.HNO3.H2O4S.Zn.2H/c;2-1(3)4;1-5(2,3)4;;;/h;(H,2,3,4);(H2,1,2,3,4);;;/q+2;;;;2*-1. The van der Waals surface area contributed by atoms with Crippen LogP contribution in [0.4, 0.5) is 0 Å². The second kappa shape index (κ2) is 11.3. The van der Waals surface area contributed by atoms with Gasteiger partial charge in [0.25, 0.3) is 5.09 Å². The number of rotatable bonds is 0. The average Bonchev–Trinajstić information content (AvgIpc) is 1.19. The van der Waals surface area contributed by atoms with Crippen LogP contribution >= 0.6 is 0 Å². The third-order valence-corrected chi connectivity index (χ3v) is 0. The first kappa shape index (κ1) is 22.8. The molecule has 0 heterocycles. The van der Waals surface area contributed by atoms with Gasteiger partial charge in [-0.15, -0.1) is 10.1 Å². The summed E-state index contributed by atoms with van der Waals surface area (Å²) < 4.78 is 31.6. The molecule has 0 rings (SSSR count). The first-order valence-corrected chi connectivity index (χ1v) is 2.66. The van der Waals surface area contributed by atoms with Gasteiger partial charge in [-0.25, -0.2) is 0 Å². The fraction of sp³-hybridized carbons (Fsp3) is 0. The summed E-state index contributed by atoms with van der Waals surface area (Å²) in [6, 6.07) is 0. The van der Waals surface area contributed by atoms with Gasteiger partial charge in [-0.05, 0) is 0 Å². The van der Waals surface area contributed by atoms with Crippen LogP contribution < -0.4 is 0 Å². The number of nitrogens with zero attached hydrogens (tertiary/aromatic N) is 1. The van der Waals surface area contributed by atoms with Crippen LogP contribution in [0.2, 0.25) is 0 Å². The SMILES string of the molecule is O=S(=O)(O)O.O=[N+]([O-])O.[Ba+2].[H-].[H-].[Zn]. The van der Waals surface area contributed by atoms with Crippen molar-refractivity contribution < 1.29 is 50.1 Å². The van der Waals surface area contributed by atoms with E-state index in [1.165, 1.54) is 0 Å². The molecular weight excluding hydrogens is 361 g/mol. The summed E-state index contributed by atoms with van der Waals surface area (Å²) in [5.74, 6) is 0. The molecule has 0 spiro atoms. The molecule has 0 amide bonds. The van der Waals surface area contributed by atoms with Gasteiger partial charge in [-0.2, -0.15) is 8.42 Å². The molecule has 0 aliphatic carbocycles. The van der Waals surface area contributed by atoms with Crippen LogP contribution in [0.25, 0.3) is 0 Å². The van der Waals surface area contributed by atoms with Gasteiger partial charge in [0, 0.05) is 19.5 Å². The van der Waals surface area contributed by atoms with E-state index in [9.17, 15) is 0 Å². The third-order valence-electron chi connectivity index (χ3n) is 0. The Labute approximate surface area is 118 Å². The normalized spacial score (nSPS) is 7.45. The Morgan fingerprint density at radius 2 is 1.36 bits per heavy atom. The molecule has 8 nitrogen and oxygen atoms in total. The van der Waals surface area contributed by atoms with E-state index in [-0.39, 0.29) is 71.2 Å². The van der Waals surface area contributed by atoms with Gasteiger partial charge in [-0.3, -0.25) is 9.11 Å². The average molecular weight is 366 g/mol. The summed E-state index contributed by atoms with van der Waals surface area (Å²) in [4.78, 5) is 8.36. The molecule has 0 unspecified atom stereocenters. The molecule has 62 valence electrons. The summed E-state index contributed by atoms with van der Waals surface area (Å²) >= 11 is 0. The van der Waals surface area contributed by atoms with Crippen molar-refractivity contribution in [3.63, 3.8) is 0 Å². The fourth-order valence-corrected chi connectivity index (χ4v) is 0. The second-order valence-electron chi connectivity index (χ2n) is 0.686. The van der Waals surface area contributed by atoms with Crippen LogP contribution in [0.15, 0.2) is 0 Å². The zero-order valence-electron chi connectivity index (χ0n) is 7.24. The molecule has 0 aromatic heterocycles. The molecule has 0 aliphatic rings. The van der Waals surface area contributed by atoms with Crippen molar-refractivity contribution in [2.24, 2.45) is 0 Å². The van der Waals surface area contributed by atoms with Crippen LogP contribution in [0.1, 0.15) is 2.85 Å². The fourth-order valence-electron chi connectivity index (χ4n) is 0. The van der Waals surface area contributed by atoms with Gasteiger partial charge >= 0.3 is 59.3 Å². The molecule has 0 aromatic carbocycles. The van der Waals surface area contributed by atoms with Gasteiger partial charge in [0.1, 0.15) is 0 Å². The molecule has 0 aromatic rings. The van der Waals surface area contributed by atoms with E-state index >= 15 is 0 Å². The Morgan fingerprint density at radius 3 is 1.36 bits per heavy atom. The molecule has 11 heteroatoms. The van der Waals surface area contributed by atoms with Crippen molar-refractivity contribution in [2.75, 3.05) is 0 Å². The Hall–Kier alpha value is 1.26. The molecule has 0 radical (unpaired) electrons. The maximum absolute atomic E-state index is 8.74. The van der Waals surface area contributed by atoms with E-state index in [1.807, 2.05) is 0 Å². The molecular formula is H5BaNO7SZn. The largest absolute Gasteiger partial charge is 2.00 e. The van der Waals surface area contributed by atoms with E-state index in [0.717, 1.165) is 0 Å². The molecule has 0 atom stereocenters. The van der Waals surface area contributed by atoms with E-state index in [2.05, 4.69) is 0 Å². The summed E-state index contributed by atoms with van der Waals surface area (Å²) in [5.41, 5.74) is 0. The predicted octanol–water partition coefficient (Wildman–Crippen LogP) is -1.16. The van der Waals surface area contributed by atoms with Crippen LogP contribution in [0.5, 0.6) is 0 Å². The molecule has 0 saturated carbocycles. The Morgan fingerprint density at radius 1 is 1.36 bits per heavy atom. The quantitative estimate of drug-likeness (QED) is 0.213. The predicted molar refractivity (Wildman–Crippen MR) is 30.9 cm³/mol. The third kappa shape index (κ3) is 604. The monoisotopic (exact) mass is 365 g/mol. The minimum atomic E-state index is -4.67. The van der Waals surface area contributed by atoms with E-state index < -0.39 is 15.5 Å². The van der Waals surface area contributed by atoms with Gasteiger partial charge in [0.15, 0.2) is 0 Å². The maximum Gasteiger partial charge on any atom is 2.00 e. The first-order chi connectivity index (χ1) is 3.73. The summed E-state index contributed by atoms with van der Waals surface area (Å²) in [6.45, 7) is 0. The van der Waals surface area contributed by atoms with Crippen molar-refractivity contribution in [3.8, 4) is 0 Å². The van der Waals surface area contributed by atoms with Crippen LogP contribution in [-0.2, 0) is 29.9 Å². The molecule has 0 aliphatic heterocycles. The Kier molecular flexibility index (Phi) is 23.3. The molecule has 11 heavy (non-hydrogen) atoms. The van der Waals surface area contributed by atoms with Gasteiger partial charge in [0.05, 0.1) is 0 Å². The van der Waals surface area contributed by atoms with Crippen molar-refractivity contribution in [3.05, 3.63) is 10.1 Å². The van der Waals surface area contributed by atoms with Crippen molar-refractivity contribution in [1.82, 2.24) is 0 Å². The second-order valence-corrected chi connectivity index (χ2v) is 1.58. The molecule has 0 saturated heterocycles.